The molecule has 126 valence electrons. The largest absolute Gasteiger partial charge is 0.459 e. The van der Waals surface area contributed by atoms with Gasteiger partial charge in [0.15, 0.2) is 5.44 Å². The van der Waals surface area contributed by atoms with Gasteiger partial charge in [-0.2, -0.15) is 0 Å². The van der Waals surface area contributed by atoms with Crippen LogP contribution in [0.1, 0.15) is 47.0 Å². The highest BCUT2D eigenvalue weighted by molar-refractivity contribution is 8.01. The molecule has 0 radical (unpaired) electrons. The molecule has 2 rings (SSSR count). The van der Waals surface area contributed by atoms with Crippen LogP contribution in [-0.4, -0.2) is 35.5 Å². The molecule has 1 aliphatic carbocycles. The molecule has 22 heavy (non-hydrogen) atoms. The molecule has 0 N–H and O–H groups in total. The van der Waals surface area contributed by atoms with Gasteiger partial charge >= 0.3 is 11.9 Å². The van der Waals surface area contributed by atoms with Crippen molar-refractivity contribution in [2.45, 2.75) is 63.9 Å². The van der Waals surface area contributed by atoms with Crippen LogP contribution in [0.5, 0.6) is 0 Å². The molecular formula is C16H26O5S. The van der Waals surface area contributed by atoms with E-state index >= 15 is 0 Å². The van der Waals surface area contributed by atoms with Gasteiger partial charge in [0, 0.05) is 6.92 Å². The zero-order chi connectivity index (χ0) is 16.3. The van der Waals surface area contributed by atoms with Gasteiger partial charge in [-0.15, -0.1) is 0 Å². The van der Waals surface area contributed by atoms with Gasteiger partial charge in [0.05, 0.1) is 6.61 Å². The Morgan fingerprint density at radius 3 is 2.59 bits per heavy atom. The maximum atomic E-state index is 12.3. The van der Waals surface area contributed by atoms with Crippen LogP contribution in [0.2, 0.25) is 0 Å². The molecule has 2 aliphatic rings. The lowest BCUT2D eigenvalue weighted by Gasteiger charge is -2.37. The number of thioether (sulfide) groups is 1. The number of esters is 2. The summed E-state index contributed by atoms with van der Waals surface area (Å²) in [6.45, 7) is 8.15. The zero-order valence-electron chi connectivity index (χ0n) is 13.7. The summed E-state index contributed by atoms with van der Waals surface area (Å²) in [6, 6.07) is 0. The van der Waals surface area contributed by atoms with Gasteiger partial charge in [-0.1, -0.05) is 39.0 Å². The summed E-state index contributed by atoms with van der Waals surface area (Å²) in [7, 11) is 0. The molecule has 1 aliphatic heterocycles. The molecule has 2 fully saturated rings. The molecule has 0 unspecified atom stereocenters. The minimum atomic E-state index is -0.686. The third-order valence-corrected chi connectivity index (χ3v) is 5.49. The van der Waals surface area contributed by atoms with Crippen molar-refractivity contribution >= 4 is 23.7 Å². The van der Waals surface area contributed by atoms with E-state index in [0.29, 0.717) is 17.8 Å². The fourth-order valence-electron chi connectivity index (χ4n) is 3.21. The van der Waals surface area contributed by atoms with Crippen LogP contribution in [0.4, 0.5) is 0 Å². The lowest BCUT2D eigenvalue weighted by atomic mass is 9.75. The fourth-order valence-corrected chi connectivity index (χ4v) is 4.16. The van der Waals surface area contributed by atoms with E-state index in [2.05, 4.69) is 20.8 Å². The molecule has 0 aromatic heterocycles. The maximum Gasteiger partial charge on any atom is 0.346 e. The number of hydrogen-bond donors (Lipinski definition) is 0. The molecule has 0 bridgehead atoms. The van der Waals surface area contributed by atoms with Crippen LogP contribution in [0.25, 0.3) is 0 Å². The highest BCUT2D eigenvalue weighted by Crippen LogP contribution is 2.37. The van der Waals surface area contributed by atoms with Crippen LogP contribution in [0.3, 0.4) is 0 Å². The number of rotatable bonds is 4. The van der Waals surface area contributed by atoms with Crippen LogP contribution in [0.15, 0.2) is 0 Å². The lowest BCUT2D eigenvalue weighted by molar-refractivity contribution is -0.163. The van der Waals surface area contributed by atoms with Crippen molar-refractivity contribution < 1.29 is 23.8 Å². The molecule has 1 saturated carbocycles. The van der Waals surface area contributed by atoms with E-state index in [1.807, 2.05) is 0 Å². The molecule has 1 heterocycles. The van der Waals surface area contributed by atoms with E-state index in [-0.39, 0.29) is 24.6 Å². The van der Waals surface area contributed by atoms with Gasteiger partial charge < -0.3 is 14.2 Å². The summed E-state index contributed by atoms with van der Waals surface area (Å²) in [4.78, 5) is 23.3. The predicted molar refractivity (Wildman–Crippen MR) is 84.1 cm³/mol. The Hall–Kier alpha value is -0.750. The average molecular weight is 330 g/mol. The number of carbonyl (C=O) groups is 2. The molecule has 0 amide bonds. The van der Waals surface area contributed by atoms with Gasteiger partial charge in [-0.05, 0) is 30.6 Å². The molecule has 0 aromatic rings. The molecule has 0 spiro atoms. The molecular weight excluding hydrogens is 304 g/mol. The summed E-state index contributed by atoms with van der Waals surface area (Å²) in [5.74, 6) is 0.784. The standard InChI is InChI=1S/C16H26O5S/c1-9(2)12-6-5-10(3)7-13(12)21-15(18)16-19-8-14(22-16)20-11(4)17/h9-10,12-14,16H,5-8H2,1-4H3/t10-,12+,13-,14+,16-/m1/s1. The highest BCUT2D eigenvalue weighted by Gasteiger charge is 2.39. The Bertz CT molecular complexity index is 411. The second kappa shape index (κ2) is 7.68. The van der Waals surface area contributed by atoms with E-state index in [0.717, 1.165) is 12.8 Å². The Morgan fingerprint density at radius 1 is 1.23 bits per heavy atom. The average Bonchev–Trinajstić information content (AvgIpc) is 2.86. The number of hydrogen-bond acceptors (Lipinski definition) is 6. The van der Waals surface area contributed by atoms with Gasteiger partial charge in [-0.25, -0.2) is 4.79 Å². The van der Waals surface area contributed by atoms with Gasteiger partial charge in [0.25, 0.3) is 0 Å². The number of carbonyl (C=O) groups excluding carboxylic acids is 2. The molecule has 5 atom stereocenters. The Balaban J connectivity index is 1.88. The Kier molecular flexibility index (Phi) is 6.15. The summed E-state index contributed by atoms with van der Waals surface area (Å²) >= 11 is 1.21. The minimum Gasteiger partial charge on any atom is -0.459 e. The third kappa shape index (κ3) is 4.62. The first-order valence-electron chi connectivity index (χ1n) is 8.01. The first-order chi connectivity index (χ1) is 10.4. The minimum absolute atomic E-state index is 0.0341. The monoisotopic (exact) mass is 330 g/mol. The second-order valence-corrected chi connectivity index (χ2v) is 7.87. The summed E-state index contributed by atoms with van der Waals surface area (Å²) in [6.07, 6.45) is 3.18. The molecule has 1 saturated heterocycles. The lowest BCUT2D eigenvalue weighted by Crippen LogP contribution is -2.37. The maximum absolute atomic E-state index is 12.3. The van der Waals surface area contributed by atoms with Gasteiger partial charge in [0.2, 0.25) is 5.44 Å². The zero-order valence-corrected chi connectivity index (χ0v) is 14.6. The summed E-state index contributed by atoms with van der Waals surface area (Å²) in [5.41, 5.74) is -1.10. The van der Waals surface area contributed by atoms with Crippen molar-refractivity contribution in [3.63, 3.8) is 0 Å². The predicted octanol–water partition coefficient (Wildman–Crippen LogP) is 2.97. The Morgan fingerprint density at radius 2 is 1.95 bits per heavy atom. The van der Waals surface area contributed by atoms with Crippen molar-refractivity contribution in [3.8, 4) is 0 Å². The fraction of sp³-hybridized carbons (Fsp3) is 0.875. The van der Waals surface area contributed by atoms with E-state index in [1.165, 1.54) is 25.1 Å². The molecule has 5 nitrogen and oxygen atoms in total. The van der Waals surface area contributed by atoms with E-state index in [1.54, 1.807) is 0 Å². The van der Waals surface area contributed by atoms with Gasteiger partial charge in [0.1, 0.15) is 6.10 Å². The van der Waals surface area contributed by atoms with Crippen molar-refractivity contribution in [1.29, 1.82) is 0 Å². The second-order valence-electron chi connectivity index (χ2n) is 6.64. The molecule has 6 heteroatoms. The Labute approximate surface area is 136 Å². The van der Waals surface area contributed by atoms with Crippen LogP contribution in [-0.2, 0) is 23.8 Å². The van der Waals surface area contributed by atoms with E-state index < -0.39 is 10.9 Å². The summed E-state index contributed by atoms with van der Waals surface area (Å²) in [5, 5.41) is 0. The van der Waals surface area contributed by atoms with Gasteiger partial charge in [-0.3, -0.25) is 4.79 Å². The smallest absolute Gasteiger partial charge is 0.346 e. The van der Waals surface area contributed by atoms with Crippen molar-refractivity contribution in [1.82, 2.24) is 0 Å². The van der Waals surface area contributed by atoms with E-state index in [4.69, 9.17) is 14.2 Å². The first-order valence-corrected chi connectivity index (χ1v) is 8.96. The topological polar surface area (TPSA) is 61.8 Å². The quantitative estimate of drug-likeness (QED) is 0.739. The number of ether oxygens (including phenoxy) is 3. The third-order valence-electron chi connectivity index (χ3n) is 4.38. The van der Waals surface area contributed by atoms with Crippen LogP contribution >= 0.6 is 11.8 Å². The van der Waals surface area contributed by atoms with Crippen LogP contribution in [0, 0.1) is 17.8 Å². The SMILES string of the molecule is CC(=O)O[C@@H]1CO[C@@H](C(=O)O[C@@H]2C[C@H](C)CC[C@H]2C(C)C)S1. The summed E-state index contributed by atoms with van der Waals surface area (Å²) < 4.78 is 16.2. The first kappa shape index (κ1) is 17.6. The van der Waals surface area contributed by atoms with Crippen LogP contribution < -0.4 is 0 Å². The van der Waals surface area contributed by atoms with Crippen molar-refractivity contribution in [2.75, 3.05) is 6.61 Å². The highest BCUT2D eigenvalue weighted by atomic mass is 32.2. The van der Waals surface area contributed by atoms with E-state index in [9.17, 15) is 9.59 Å². The van der Waals surface area contributed by atoms with Crippen molar-refractivity contribution in [2.24, 2.45) is 17.8 Å². The van der Waals surface area contributed by atoms with Crippen molar-refractivity contribution in [3.05, 3.63) is 0 Å². The molecule has 0 aromatic carbocycles. The normalized spacial score (nSPS) is 35.4.